The summed E-state index contributed by atoms with van der Waals surface area (Å²) in [6.45, 7) is 10.8. The van der Waals surface area contributed by atoms with Gasteiger partial charge in [-0.3, -0.25) is 4.98 Å². The van der Waals surface area contributed by atoms with E-state index in [2.05, 4.69) is 79.7 Å². The first kappa shape index (κ1) is 23.6. The minimum absolute atomic E-state index is 0.0568. The average molecular weight is 501 g/mol. The number of hydrogen-bond donors (Lipinski definition) is 1. The molecule has 1 aliphatic heterocycles. The number of nitrogens with one attached hydrogen (secondary N) is 1. The fourth-order valence-electron chi connectivity index (χ4n) is 5.25. The zero-order valence-corrected chi connectivity index (χ0v) is 22.2. The van der Waals surface area contributed by atoms with Crippen molar-refractivity contribution < 1.29 is 0 Å². The lowest BCUT2D eigenvalue weighted by atomic mass is 9.93. The van der Waals surface area contributed by atoms with Gasteiger partial charge in [-0.25, -0.2) is 0 Å². The van der Waals surface area contributed by atoms with Gasteiger partial charge < -0.3 is 14.8 Å². The number of benzene rings is 2. The normalized spacial score (nSPS) is 17.7. The summed E-state index contributed by atoms with van der Waals surface area (Å²) in [4.78, 5) is 6.98. The van der Waals surface area contributed by atoms with Gasteiger partial charge in [0, 0.05) is 39.5 Å². The number of pyridine rings is 1. The van der Waals surface area contributed by atoms with E-state index < -0.39 is 0 Å². The van der Waals surface area contributed by atoms with Crippen LogP contribution in [0.3, 0.4) is 0 Å². The minimum atomic E-state index is -0.0858. The van der Waals surface area contributed by atoms with Gasteiger partial charge in [-0.15, -0.1) is 0 Å². The zero-order valence-electron chi connectivity index (χ0n) is 20.6. The predicted octanol–water partition coefficient (Wildman–Crippen LogP) is 7.24. The molecule has 4 nitrogen and oxygen atoms in total. The van der Waals surface area contributed by atoms with Crippen molar-refractivity contribution in [3.63, 3.8) is 0 Å². The van der Waals surface area contributed by atoms with Crippen LogP contribution < -0.4 is 10.2 Å². The summed E-state index contributed by atoms with van der Waals surface area (Å²) in [6.07, 6.45) is 1.85. The van der Waals surface area contributed by atoms with Crippen LogP contribution in [0.1, 0.15) is 51.4 Å². The van der Waals surface area contributed by atoms with E-state index in [1.165, 1.54) is 33.6 Å². The van der Waals surface area contributed by atoms with Gasteiger partial charge in [0.25, 0.3) is 0 Å². The molecule has 4 aromatic rings. The molecule has 1 N–H and O–H groups in total. The number of anilines is 1. The summed E-state index contributed by atoms with van der Waals surface area (Å²) in [6, 6.07) is 20.5. The van der Waals surface area contributed by atoms with Crippen molar-refractivity contribution in [3.8, 4) is 5.69 Å². The lowest BCUT2D eigenvalue weighted by molar-refractivity contribution is 0.563. The molecule has 1 aliphatic rings. The maximum atomic E-state index is 6.37. The van der Waals surface area contributed by atoms with Crippen LogP contribution in [0, 0.1) is 34.6 Å². The third-order valence-corrected chi connectivity index (χ3v) is 7.79. The second-order valence-electron chi connectivity index (χ2n) is 9.29. The first-order chi connectivity index (χ1) is 16.8. The molecule has 6 heteroatoms. The van der Waals surface area contributed by atoms with Crippen LogP contribution in [0.15, 0.2) is 66.9 Å². The molecule has 0 saturated carbocycles. The highest BCUT2D eigenvalue weighted by atomic mass is 35.5. The Morgan fingerprint density at radius 2 is 1.66 bits per heavy atom. The molecule has 5 rings (SSSR count). The van der Waals surface area contributed by atoms with Crippen molar-refractivity contribution in [1.82, 2.24) is 14.9 Å². The Balaban J connectivity index is 1.74. The van der Waals surface area contributed by atoms with Crippen molar-refractivity contribution in [2.75, 3.05) is 4.90 Å². The molecule has 3 heterocycles. The van der Waals surface area contributed by atoms with E-state index in [1.807, 2.05) is 36.5 Å². The smallest absolute Gasteiger partial charge is 0.174 e. The van der Waals surface area contributed by atoms with Gasteiger partial charge in [0.05, 0.1) is 17.8 Å². The van der Waals surface area contributed by atoms with Crippen molar-refractivity contribution in [3.05, 3.63) is 111 Å². The van der Waals surface area contributed by atoms with Crippen molar-refractivity contribution in [2.24, 2.45) is 0 Å². The molecule has 178 valence electrons. The molecule has 0 amide bonds. The highest BCUT2D eigenvalue weighted by molar-refractivity contribution is 7.80. The largest absolute Gasteiger partial charge is 0.351 e. The Hall–Kier alpha value is -3.15. The zero-order chi connectivity index (χ0) is 24.9. The second kappa shape index (κ2) is 9.14. The number of halogens is 1. The van der Waals surface area contributed by atoms with Gasteiger partial charge in [-0.05, 0) is 106 Å². The molecule has 1 saturated heterocycles. The molecular weight excluding hydrogens is 472 g/mol. The summed E-state index contributed by atoms with van der Waals surface area (Å²) >= 11 is 12.3. The fourth-order valence-corrected chi connectivity index (χ4v) is 5.78. The van der Waals surface area contributed by atoms with Crippen molar-refractivity contribution in [2.45, 2.75) is 46.7 Å². The van der Waals surface area contributed by atoms with Crippen LogP contribution in [-0.4, -0.2) is 14.7 Å². The van der Waals surface area contributed by atoms with E-state index >= 15 is 0 Å². The third kappa shape index (κ3) is 4.03. The van der Waals surface area contributed by atoms with E-state index in [9.17, 15) is 0 Å². The molecule has 0 aliphatic carbocycles. The van der Waals surface area contributed by atoms with Gasteiger partial charge in [0.15, 0.2) is 5.11 Å². The highest BCUT2D eigenvalue weighted by Crippen LogP contribution is 2.45. The van der Waals surface area contributed by atoms with Crippen LogP contribution in [-0.2, 0) is 0 Å². The molecule has 2 aromatic carbocycles. The molecule has 0 radical (unpaired) electrons. The van der Waals surface area contributed by atoms with Crippen LogP contribution in [0.25, 0.3) is 5.69 Å². The quantitative estimate of drug-likeness (QED) is 0.299. The number of rotatable bonds is 4. The summed E-state index contributed by atoms with van der Waals surface area (Å²) in [5.41, 5.74) is 10.5. The fraction of sp³-hybridized carbons (Fsp3) is 0.241. The monoisotopic (exact) mass is 500 g/mol. The van der Waals surface area contributed by atoms with Gasteiger partial charge in [0.1, 0.15) is 0 Å². The van der Waals surface area contributed by atoms with Crippen molar-refractivity contribution >= 4 is 34.6 Å². The Morgan fingerprint density at radius 1 is 0.857 bits per heavy atom. The summed E-state index contributed by atoms with van der Waals surface area (Å²) in [7, 11) is 0. The minimum Gasteiger partial charge on any atom is -0.351 e. The van der Waals surface area contributed by atoms with Crippen LogP contribution in [0.5, 0.6) is 0 Å². The van der Waals surface area contributed by atoms with Crippen LogP contribution >= 0.6 is 23.8 Å². The second-order valence-corrected chi connectivity index (χ2v) is 10.1. The maximum absolute atomic E-state index is 6.37. The van der Waals surface area contributed by atoms with Crippen molar-refractivity contribution in [1.29, 1.82) is 0 Å². The van der Waals surface area contributed by atoms with E-state index in [0.29, 0.717) is 5.11 Å². The molecule has 0 spiro atoms. The van der Waals surface area contributed by atoms with Gasteiger partial charge in [0.2, 0.25) is 0 Å². The summed E-state index contributed by atoms with van der Waals surface area (Å²) in [5, 5.41) is 5.03. The highest BCUT2D eigenvalue weighted by Gasteiger charge is 2.43. The standard InChI is InChI=1S/C29H29ClN4S/c1-17-12-13-24(15-18(17)2)34-28(27(32-29(34)35)25-11-6-7-14-31-25)26-19(3)20(4)33(21(26)5)23-10-8-9-22(30)16-23/h6-16,27-28H,1-5H3,(H,32,35)/t27-,28-/m1/s1. The Labute approximate surface area is 217 Å². The lowest BCUT2D eigenvalue weighted by Crippen LogP contribution is -2.30. The van der Waals surface area contributed by atoms with Crippen LogP contribution in [0.4, 0.5) is 5.69 Å². The molecule has 2 aromatic heterocycles. The molecule has 35 heavy (non-hydrogen) atoms. The van der Waals surface area contributed by atoms with Gasteiger partial charge in [-0.2, -0.15) is 0 Å². The summed E-state index contributed by atoms with van der Waals surface area (Å²) < 4.78 is 2.30. The molecular formula is C29H29ClN4S. The molecule has 2 atom stereocenters. The SMILES string of the molecule is Cc1ccc(N2C(=S)N[C@H](c3ccccn3)[C@H]2c2c(C)c(C)n(-c3cccc(Cl)c3)c2C)cc1C. The van der Waals surface area contributed by atoms with Gasteiger partial charge >= 0.3 is 0 Å². The first-order valence-electron chi connectivity index (χ1n) is 11.8. The van der Waals surface area contributed by atoms with E-state index in [0.717, 1.165) is 22.1 Å². The number of hydrogen-bond acceptors (Lipinski definition) is 2. The third-order valence-electron chi connectivity index (χ3n) is 7.24. The van der Waals surface area contributed by atoms with Crippen LogP contribution in [0.2, 0.25) is 5.02 Å². The van der Waals surface area contributed by atoms with E-state index in [4.69, 9.17) is 28.8 Å². The Bertz CT molecular complexity index is 1430. The van der Waals surface area contributed by atoms with E-state index in [-0.39, 0.29) is 12.1 Å². The first-order valence-corrected chi connectivity index (χ1v) is 12.6. The lowest BCUT2D eigenvalue weighted by Gasteiger charge is -2.29. The topological polar surface area (TPSA) is 33.1 Å². The molecule has 0 unspecified atom stereocenters. The number of thiocarbonyl (C=S) groups is 1. The molecule has 1 fully saturated rings. The Kier molecular flexibility index (Phi) is 6.16. The Morgan fingerprint density at radius 3 is 2.34 bits per heavy atom. The number of aryl methyl sites for hydroxylation is 2. The van der Waals surface area contributed by atoms with E-state index in [1.54, 1.807) is 0 Å². The predicted molar refractivity (Wildman–Crippen MR) is 149 cm³/mol. The number of aromatic nitrogens is 2. The molecule has 0 bridgehead atoms. The number of nitrogens with zero attached hydrogens (tertiary/aromatic N) is 3. The van der Waals surface area contributed by atoms with Gasteiger partial charge in [-0.1, -0.05) is 29.8 Å². The average Bonchev–Trinajstić information content (AvgIpc) is 3.28. The summed E-state index contributed by atoms with van der Waals surface area (Å²) in [5.74, 6) is 0. The maximum Gasteiger partial charge on any atom is 0.174 e.